The van der Waals surface area contributed by atoms with Crippen LogP contribution >= 0.6 is 0 Å². The van der Waals surface area contributed by atoms with Crippen LogP contribution in [0.3, 0.4) is 0 Å². The Kier molecular flexibility index (Phi) is 5.13. The van der Waals surface area contributed by atoms with E-state index >= 15 is 0 Å². The van der Waals surface area contributed by atoms with Crippen LogP contribution in [0.2, 0.25) is 0 Å². The summed E-state index contributed by atoms with van der Waals surface area (Å²) < 4.78 is 0. The van der Waals surface area contributed by atoms with Gasteiger partial charge in [0, 0.05) is 12.2 Å². The first-order valence-electron chi connectivity index (χ1n) is 8.81. The number of nitriles is 1. The van der Waals surface area contributed by atoms with Gasteiger partial charge in [0.15, 0.2) is 5.85 Å². The number of nitrogen functional groups attached to an aromatic ring is 1. The van der Waals surface area contributed by atoms with Crippen molar-refractivity contribution in [3.8, 4) is 6.07 Å². The van der Waals surface area contributed by atoms with E-state index in [0.717, 1.165) is 11.1 Å². The van der Waals surface area contributed by atoms with Crippen molar-refractivity contribution in [1.29, 1.82) is 5.26 Å². The Morgan fingerprint density at radius 1 is 1.41 bits per heavy atom. The Labute approximate surface area is 158 Å². The lowest BCUT2D eigenvalue weighted by Gasteiger charge is -2.51. The van der Waals surface area contributed by atoms with Crippen LogP contribution in [0.25, 0.3) is 0 Å². The molecule has 0 saturated carbocycles. The average Bonchev–Trinajstić information content (AvgIpc) is 2.64. The van der Waals surface area contributed by atoms with Crippen LogP contribution in [-0.2, 0) is 11.2 Å². The maximum absolute atomic E-state index is 12.7. The molecular weight excluding hydrogens is 342 g/mol. The second kappa shape index (κ2) is 7.35. The van der Waals surface area contributed by atoms with E-state index < -0.39 is 17.8 Å². The second-order valence-corrected chi connectivity index (χ2v) is 6.98. The first-order valence-corrected chi connectivity index (χ1v) is 8.81. The monoisotopic (exact) mass is 365 g/mol. The van der Waals surface area contributed by atoms with Crippen molar-refractivity contribution in [3.05, 3.63) is 59.8 Å². The molecule has 1 unspecified atom stereocenters. The normalized spacial score (nSPS) is 22.4. The lowest BCUT2D eigenvalue weighted by molar-refractivity contribution is -0.202. The third-order valence-corrected chi connectivity index (χ3v) is 4.91. The van der Waals surface area contributed by atoms with E-state index in [1.54, 1.807) is 18.3 Å². The molecule has 0 aliphatic carbocycles. The number of β-lactam (4-membered cyclic amide) rings is 1. The van der Waals surface area contributed by atoms with Gasteiger partial charge in [-0.3, -0.25) is 15.0 Å². The van der Waals surface area contributed by atoms with Crippen molar-refractivity contribution in [3.63, 3.8) is 0 Å². The maximum Gasteiger partial charge on any atom is 0.233 e. The predicted molar refractivity (Wildman–Crippen MR) is 101 cm³/mol. The molecule has 1 aliphatic heterocycles. The van der Waals surface area contributed by atoms with E-state index in [2.05, 4.69) is 16.4 Å². The van der Waals surface area contributed by atoms with E-state index in [4.69, 9.17) is 5.73 Å². The second-order valence-electron chi connectivity index (χ2n) is 6.98. The van der Waals surface area contributed by atoms with Gasteiger partial charge in [0.05, 0.1) is 12.0 Å². The summed E-state index contributed by atoms with van der Waals surface area (Å²) in [6, 6.07) is 14.3. The molecule has 7 heteroatoms. The molecule has 4 N–H and O–H groups in total. The number of nitrogens with two attached hydrogens (primary N) is 1. The molecule has 1 aromatic heterocycles. The zero-order valence-corrected chi connectivity index (χ0v) is 15.3. The first kappa shape index (κ1) is 18.8. The summed E-state index contributed by atoms with van der Waals surface area (Å²) in [6.45, 7) is 3.39. The molecule has 1 fully saturated rings. The predicted octanol–water partition coefficient (Wildman–Crippen LogP) is 1.57. The highest BCUT2D eigenvalue weighted by Gasteiger charge is 2.54. The SMILES string of the molecule is C[C@@H](NC(C)(O)N1C(=O)[C@H](Cc2ccnc(N)c2)[C@H]1C#N)c1ccccc1. The van der Waals surface area contributed by atoms with Crippen molar-refractivity contribution >= 4 is 11.7 Å². The topological polar surface area (TPSA) is 115 Å². The summed E-state index contributed by atoms with van der Waals surface area (Å²) in [5, 5.41) is 23.5. The number of pyridine rings is 1. The number of rotatable bonds is 6. The van der Waals surface area contributed by atoms with Gasteiger partial charge in [0.1, 0.15) is 11.9 Å². The van der Waals surface area contributed by atoms with E-state index in [1.807, 2.05) is 37.3 Å². The lowest BCUT2D eigenvalue weighted by atomic mass is 9.82. The van der Waals surface area contributed by atoms with E-state index in [0.29, 0.717) is 12.2 Å². The molecule has 1 amide bonds. The smallest absolute Gasteiger partial charge is 0.233 e. The number of amides is 1. The van der Waals surface area contributed by atoms with Crippen LogP contribution in [0.5, 0.6) is 0 Å². The number of carbonyl (C=O) groups is 1. The van der Waals surface area contributed by atoms with Crippen molar-refractivity contribution < 1.29 is 9.90 Å². The van der Waals surface area contributed by atoms with Gasteiger partial charge in [-0.25, -0.2) is 4.98 Å². The summed E-state index contributed by atoms with van der Waals surface area (Å²) in [5.41, 5.74) is 7.49. The van der Waals surface area contributed by atoms with Crippen LogP contribution in [-0.4, -0.2) is 32.8 Å². The minimum Gasteiger partial charge on any atom is -0.384 e. The average molecular weight is 365 g/mol. The summed E-state index contributed by atoms with van der Waals surface area (Å²) in [7, 11) is 0. The number of likely N-dealkylation sites (tertiary alicyclic amines) is 1. The lowest BCUT2D eigenvalue weighted by Crippen LogP contribution is -2.73. The van der Waals surface area contributed by atoms with Crippen LogP contribution < -0.4 is 11.1 Å². The number of aliphatic hydroxyl groups is 1. The molecule has 2 aromatic rings. The van der Waals surface area contributed by atoms with Gasteiger partial charge < -0.3 is 10.8 Å². The molecule has 3 rings (SSSR count). The van der Waals surface area contributed by atoms with Gasteiger partial charge in [-0.1, -0.05) is 30.3 Å². The first-order chi connectivity index (χ1) is 12.8. The number of aromatic nitrogens is 1. The summed E-state index contributed by atoms with van der Waals surface area (Å²) in [5.74, 6) is -2.05. The van der Waals surface area contributed by atoms with Gasteiger partial charge in [-0.15, -0.1) is 0 Å². The molecule has 0 spiro atoms. The molecule has 1 saturated heterocycles. The van der Waals surface area contributed by atoms with Crippen LogP contribution in [0, 0.1) is 17.2 Å². The van der Waals surface area contributed by atoms with Crippen LogP contribution in [0.15, 0.2) is 48.7 Å². The largest absolute Gasteiger partial charge is 0.384 e. The summed E-state index contributed by atoms with van der Waals surface area (Å²) in [6.07, 6.45) is 1.96. The number of nitrogens with one attached hydrogen (secondary N) is 1. The van der Waals surface area contributed by atoms with Gasteiger partial charge >= 0.3 is 0 Å². The third kappa shape index (κ3) is 3.77. The summed E-state index contributed by atoms with van der Waals surface area (Å²) >= 11 is 0. The highest BCUT2D eigenvalue weighted by molar-refractivity contribution is 5.88. The van der Waals surface area contributed by atoms with Crippen molar-refractivity contribution in [2.45, 2.75) is 38.2 Å². The van der Waals surface area contributed by atoms with Gasteiger partial charge in [0.2, 0.25) is 5.91 Å². The minimum atomic E-state index is -1.64. The highest BCUT2D eigenvalue weighted by Crippen LogP contribution is 2.35. The third-order valence-electron chi connectivity index (χ3n) is 4.91. The quantitative estimate of drug-likeness (QED) is 0.529. The number of carbonyl (C=O) groups excluding carboxylic acids is 1. The molecule has 4 atom stereocenters. The Morgan fingerprint density at radius 2 is 2.11 bits per heavy atom. The Balaban J connectivity index is 1.72. The Morgan fingerprint density at radius 3 is 2.74 bits per heavy atom. The molecule has 27 heavy (non-hydrogen) atoms. The van der Waals surface area contributed by atoms with Crippen LogP contribution in [0.1, 0.15) is 31.0 Å². The Hall–Kier alpha value is -2.95. The zero-order valence-electron chi connectivity index (χ0n) is 15.3. The number of hydrogen-bond donors (Lipinski definition) is 3. The van der Waals surface area contributed by atoms with Gasteiger partial charge in [-0.2, -0.15) is 5.26 Å². The molecule has 1 aliphatic rings. The molecule has 7 nitrogen and oxygen atoms in total. The standard InChI is InChI=1S/C20H23N5O2/c1-13(15-6-4-3-5-7-15)24-20(2,27)25-17(12-21)16(19(25)26)10-14-8-9-23-18(22)11-14/h3-9,11,13,16-17,24,27H,10H2,1-2H3,(H2,22,23)/t13-,16-,17-,20?/m1/s1. The van der Waals surface area contributed by atoms with E-state index in [9.17, 15) is 15.2 Å². The van der Waals surface area contributed by atoms with Gasteiger partial charge in [-0.05, 0) is 43.5 Å². The maximum atomic E-state index is 12.7. The van der Waals surface area contributed by atoms with E-state index in [1.165, 1.54) is 11.8 Å². The molecule has 2 heterocycles. The number of anilines is 1. The number of nitrogens with zero attached hydrogens (tertiary/aromatic N) is 3. The molecule has 0 radical (unpaired) electrons. The highest BCUT2D eigenvalue weighted by atomic mass is 16.3. The van der Waals surface area contributed by atoms with Crippen LogP contribution in [0.4, 0.5) is 5.82 Å². The fraction of sp³-hybridized carbons (Fsp3) is 0.350. The molecule has 0 bridgehead atoms. The molecule has 140 valence electrons. The van der Waals surface area contributed by atoms with Crippen molar-refractivity contribution in [2.75, 3.05) is 5.73 Å². The molecular formula is C20H23N5O2. The summed E-state index contributed by atoms with van der Waals surface area (Å²) in [4.78, 5) is 17.9. The Bertz CT molecular complexity index is 862. The minimum absolute atomic E-state index is 0.201. The van der Waals surface area contributed by atoms with E-state index in [-0.39, 0.29) is 11.9 Å². The fourth-order valence-electron chi connectivity index (χ4n) is 3.56. The number of hydrogen-bond acceptors (Lipinski definition) is 6. The fourth-order valence-corrected chi connectivity index (χ4v) is 3.56. The van der Waals surface area contributed by atoms with Crippen molar-refractivity contribution in [1.82, 2.24) is 15.2 Å². The number of benzene rings is 1. The van der Waals surface area contributed by atoms with Crippen molar-refractivity contribution in [2.24, 2.45) is 5.92 Å². The molecule has 1 aromatic carbocycles. The zero-order chi connectivity index (χ0) is 19.6. The van der Waals surface area contributed by atoms with Gasteiger partial charge in [0.25, 0.3) is 0 Å².